The molecule has 0 unspecified atom stereocenters. The first kappa shape index (κ1) is 13.8. The van der Waals surface area contributed by atoms with Crippen molar-refractivity contribution >= 4 is 5.97 Å². The number of para-hydroxylation sites is 1. The Labute approximate surface area is 115 Å². The Morgan fingerprint density at radius 1 is 1.10 bits per heavy atom. The molecule has 0 fully saturated rings. The van der Waals surface area contributed by atoms with E-state index in [2.05, 4.69) is 0 Å². The third-order valence-corrected chi connectivity index (χ3v) is 2.73. The van der Waals surface area contributed by atoms with Gasteiger partial charge in [-0.15, -0.1) is 4.73 Å². The highest BCUT2D eigenvalue weighted by Crippen LogP contribution is 2.22. The van der Waals surface area contributed by atoms with Crippen LogP contribution in [-0.2, 0) is 4.79 Å². The van der Waals surface area contributed by atoms with Gasteiger partial charge in [0.05, 0.1) is 0 Å². The molecule has 1 heterocycles. The number of aromatic nitrogens is 1. The number of benzene rings is 1. The number of ether oxygens (including phenoxy) is 1. The lowest BCUT2D eigenvalue weighted by atomic mass is 10.1. The van der Waals surface area contributed by atoms with Crippen LogP contribution in [0.2, 0.25) is 0 Å². The highest BCUT2D eigenvalue weighted by atomic mass is 16.7. The lowest BCUT2D eigenvalue weighted by Gasteiger charge is -2.11. The monoisotopic (exact) mass is 277 g/mol. The van der Waals surface area contributed by atoms with Gasteiger partial charge in [-0.1, -0.05) is 18.2 Å². The second kappa shape index (κ2) is 5.56. The van der Waals surface area contributed by atoms with Crippen LogP contribution in [0.4, 0.5) is 0 Å². The third kappa shape index (κ3) is 2.85. The van der Waals surface area contributed by atoms with E-state index in [9.17, 15) is 15.0 Å². The highest BCUT2D eigenvalue weighted by Gasteiger charge is 2.13. The van der Waals surface area contributed by atoms with Gasteiger partial charge in [-0.2, -0.15) is 0 Å². The van der Waals surface area contributed by atoms with Crippen molar-refractivity contribution in [3.8, 4) is 17.5 Å². The fourth-order valence-electron chi connectivity index (χ4n) is 1.78. The molecule has 6 heteroatoms. The molecule has 0 saturated heterocycles. The third-order valence-electron chi connectivity index (χ3n) is 2.73. The maximum atomic E-state index is 11.6. The summed E-state index contributed by atoms with van der Waals surface area (Å²) in [4.78, 5) is 16.4. The molecule has 1 aromatic heterocycles. The Balaban J connectivity index is 2.00. The Bertz CT molecular complexity index is 593. The summed E-state index contributed by atoms with van der Waals surface area (Å²) in [6, 6.07) is 8.05. The van der Waals surface area contributed by atoms with Crippen LogP contribution in [0, 0.1) is 13.8 Å². The summed E-state index contributed by atoms with van der Waals surface area (Å²) in [5.74, 6) is -0.870. The van der Waals surface area contributed by atoms with Crippen LogP contribution in [0.5, 0.6) is 17.5 Å². The van der Waals surface area contributed by atoms with Gasteiger partial charge in [0.1, 0.15) is 5.75 Å². The second-order valence-corrected chi connectivity index (χ2v) is 4.32. The van der Waals surface area contributed by atoms with Crippen molar-refractivity contribution in [1.29, 1.82) is 0 Å². The minimum atomic E-state index is -0.741. The van der Waals surface area contributed by atoms with E-state index in [-0.39, 0.29) is 18.4 Å². The van der Waals surface area contributed by atoms with E-state index in [0.717, 1.165) is 11.1 Å². The number of carbonyl (C=O) groups is 1. The predicted molar refractivity (Wildman–Crippen MR) is 70.8 cm³/mol. The summed E-state index contributed by atoms with van der Waals surface area (Å²) in [7, 11) is 0. The summed E-state index contributed by atoms with van der Waals surface area (Å²) in [6.07, 6.45) is 0. The molecule has 0 atom stereocenters. The topological polar surface area (TPSA) is 80.9 Å². The Hall–Kier alpha value is -2.63. The molecule has 0 amide bonds. The van der Waals surface area contributed by atoms with E-state index in [1.54, 1.807) is 0 Å². The van der Waals surface area contributed by atoms with Crippen molar-refractivity contribution in [2.45, 2.75) is 13.8 Å². The normalized spacial score (nSPS) is 10.3. The van der Waals surface area contributed by atoms with Crippen molar-refractivity contribution < 1.29 is 24.6 Å². The summed E-state index contributed by atoms with van der Waals surface area (Å²) in [5.41, 5.74) is 1.81. The van der Waals surface area contributed by atoms with Gasteiger partial charge in [0.15, 0.2) is 6.61 Å². The number of aryl methyl sites for hydroxylation is 2. The van der Waals surface area contributed by atoms with E-state index in [0.29, 0.717) is 10.5 Å². The number of nitrogens with zero attached hydrogens (tertiary/aromatic N) is 1. The van der Waals surface area contributed by atoms with Crippen molar-refractivity contribution in [2.75, 3.05) is 6.61 Å². The fourth-order valence-corrected chi connectivity index (χ4v) is 1.78. The molecular formula is C14H15NO5. The molecule has 2 rings (SSSR count). The summed E-state index contributed by atoms with van der Waals surface area (Å²) < 4.78 is 6.03. The van der Waals surface area contributed by atoms with Gasteiger partial charge in [-0.3, -0.25) is 0 Å². The molecule has 1 aromatic carbocycles. The summed E-state index contributed by atoms with van der Waals surface area (Å²) >= 11 is 0. The molecule has 0 spiro atoms. The molecule has 0 bridgehead atoms. The van der Waals surface area contributed by atoms with Crippen LogP contribution in [-0.4, -0.2) is 27.5 Å². The number of hydrogen-bond acceptors (Lipinski definition) is 5. The SMILES string of the molecule is Cc1cccc(C)c1OCC(=O)On1c(O)ccc1O. The maximum absolute atomic E-state index is 11.6. The van der Waals surface area contributed by atoms with Gasteiger partial charge in [0, 0.05) is 12.1 Å². The molecule has 0 aliphatic heterocycles. The van der Waals surface area contributed by atoms with Gasteiger partial charge in [-0.05, 0) is 25.0 Å². The van der Waals surface area contributed by atoms with Crippen molar-refractivity contribution in [3.63, 3.8) is 0 Å². The Morgan fingerprint density at radius 2 is 1.65 bits per heavy atom. The minimum absolute atomic E-state index is 0.331. The van der Waals surface area contributed by atoms with E-state index in [1.807, 2.05) is 32.0 Å². The predicted octanol–water partition coefficient (Wildman–Crippen LogP) is 1.55. The van der Waals surface area contributed by atoms with Gasteiger partial charge >= 0.3 is 5.97 Å². The molecular weight excluding hydrogens is 262 g/mol. The average Bonchev–Trinajstić information content (AvgIpc) is 2.70. The first-order valence-corrected chi connectivity index (χ1v) is 5.99. The smallest absolute Gasteiger partial charge is 0.370 e. The van der Waals surface area contributed by atoms with Gasteiger partial charge in [-0.25, -0.2) is 4.79 Å². The molecule has 20 heavy (non-hydrogen) atoms. The Kier molecular flexibility index (Phi) is 3.84. The first-order valence-electron chi connectivity index (χ1n) is 5.99. The van der Waals surface area contributed by atoms with Crippen LogP contribution in [0.1, 0.15) is 11.1 Å². The van der Waals surface area contributed by atoms with Gasteiger partial charge in [0.2, 0.25) is 11.8 Å². The van der Waals surface area contributed by atoms with E-state index < -0.39 is 5.97 Å². The van der Waals surface area contributed by atoms with Crippen molar-refractivity contribution in [2.24, 2.45) is 0 Å². The standard InChI is InChI=1S/C14H15NO5/c1-9-4-3-5-10(2)14(9)19-8-13(18)20-15-11(16)6-7-12(15)17/h3-7,16-17H,8H2,1-2H3. The van der Waals surface area contributed by atoms with E-state index in [4.69, 9.17) is 9.57 Å². The lowest BCUT2D eigenvalue weighted by Crippen LogP contribution is -2.25. The minimum Gasteiger partial charge on any atom is -0.492 e. The lowest BCUT2D eigenvalue weighted by molar-refractivity contribution is -0.147. The maximum Gasteiger partial charge on any atom is 0.370 e. The summed E-state index contributed by atoms with van der Waals surface area (Å²) in [5, 5.41) is 18.7. The van der Waals surface area contributed by atoms with Crippen LogP contribution in [0.15, 0.2) is 30.3 Å². The zero-order valence-corrected chi connectivity index (χ0v) is 11.2. The van der Waals surface area contributed by atoms with E-state index >= 15 is 0 Å². The number of carbonyl (C=O) groups excluding carboxylic acids is 1. The zero-order chi connectivity index (χ0) is 14.7. The fraction of sp³-hybridized carbons (Fsp3) is 0.214. The molecule has 0 radical (unpaired) electrons. The molecule has 2 aromatic rings. The van der Waals surface area contributed by atoms with Crippen LogP contribution in [0.25, 0.3) is 0 Å². The average molecular weight is 277 g/mol. The summed E-state index contributed by atoms with van der Waals surface area (Å²) in [6.45, 7) is 3.41. The molecule has 106 valence electrons. The molecule has 2 N–H and O–H groups in total. The van der Waals surface area contributed by atoms with E-state index in [1.165, 1.54) is 12.1 Å². The Morgan fingerprint density at radius 3 is 2.20 bits per heavy atom. The van der Waals surface area contributed by atoms with Crippen molar-refractivity contribution in [3.05, 3.63) is 41.5 Å². The molecule has 0 saturated carbocycles. The second-order valence-electron chi connectivity index (χ2n) is 4.32. The first-order chi connectivity index (χ1) is 9.49. The number of hydrogen-bond donors (Lipinski definition) is 2. The van der Waals surface area contributed by atoms with Gasteiger partial charge < -0.3 is 19.8 Å². The molecule has 6 nitrogen and oxygen atoms in total. The molecule has 0 aliphatic rings. The quantitative estimate of drug-likeness (QED) is 0.886. The highest BCUT2D eigenvalue weighted by molar-refractivity contribution is 5.71. The molecule has 0 aliphatic carbocycles. The number of aromatic hydroxyl groups is 2. The number of rotatable bonds is 4. The largest absolute Gasteiger partial charge is 0.492 e. The van der Waals surface area contributed by atoms with Gasteiger partial charge in [0.25, 0.3) is 0 Å². The zero-order valence-electron chi connectivity index (χ0n) is 11.2. The van der Waals surface area contributed by atoms with Crippen LogP contribution in [0.3, 0.4) is 0 Å². The van der Waals surface area contributed by atoms with Crippen molar-refractivity contribution in [1.82, 2.24) is 4.73 Å². The van der Waals surface area contributed by atoms with Crippen LogP contribution >= 0.6 is 0 Å². The van der Waals surface area contributed by atoms with Crippen LogP contribution < -0.4 is 9.57 Å².